The van der Waals surface area contributed by atoms with E-state index in [2.05, 4.69) is 4.98 Å². The van der Waals surface area contributed by atoms with Crippen LogP contribution in [0.2, 0.25) is 0 Å². The number of pyridine rings is 1. The molecular weight excluding hydrogens is 190 g/mol. The molecule has 1 heterocycles. The largest absolute Gasteiger partial charge is 0.459 e. The lowest BCUT2D eigenvalue weighted by Gasteiger charge is -2.07. The highest BCUT2D eigenvalue weighted by atomic mass is 16.5. The van der Waals surface area contributed by atoms with Gasteiger partial charge in [0.05, 0.1) is 11.7 Å². The van der Waals surface area contributed by atoms with Crippen LogP contribution in [0.5, 0.6) is 0 Å². The van der Waals surface area contributed by atoms with Crippen molar-refractivity contribution in [2.75, 3.05) is 0 Å². The van der Waals surface area contributed by atoms with Gasteiger partial charge in [0, 0.05) is 11.9 Å². The molecule has 0 saturated carbocycles. The zero-order valence-corrected chi connectivity index (χ0v) is 10.1. The molecule has 0 aliphatic rings. The van der Waals surface area contributed by atoms with Gasteiger partial charge in [0.2, 0.25) is 0 Å². The van der Waals surface area contributed by atoms with Crippen LogP contribution in [0.3, 0.4) is 0 Å². The van der Waals surface area contributed by atoms with Gasteiger partial charge in [0.15, 0.2) is 0 Å². The molecule has 84 valence electrons. The number of ether oxygens (including phenoxy) is 1. The third kappa shape index (κ3) is 5.15. The van der Waals surface area contributed by atoms with Gasteiger partial charge in [0.25, 0.3) is 0 Å². The van der Waals surface area contributed by atoms with E-state index in [-0.39, 0.29) is 12.1 Å². The predicted molar refractivity (Wildman–Crippen MR) is 60.9 cm³/mol. The number of aryl methyl sites for hydroxylation is 1. The van der Waals surface area contributed by atoms with Crippen LogP contribution in [0.1, 0.15) is 43.7 Å². The first-order chi connectivity index (χ1) is 7.09. The highest BCUT2D eigenvalue weighted by Crippen LogP contribution is 2.03. The van der Waals surface area contributed by atoms with Gasteiger partial charge >= 0.3 is 5.97 Å². The minimum absolute atomic E-state index is 0.0891. The molecule has 0 aliphatic carbocycles. The number of carbonyl (C=O) groups is 1. The number of esters is 1. The van der Waals surface area contributed by atoms with Crippen molar-refractivity contribution in [3.05, 3.63) is 29.6 Å². The molecule has 1 aromatic heterocycles. The molecule has 3 heteroatoms. The van der Waals surface area contributed by atoms with Crippen molar-refractivity contribution >= 4 is 5.97 Å². The van der Waals surface area contributed by atoms with E-state index < -0.39 is 0 Å². The number of carbonyl (C=O) groups excluding carboxylic acids is 1. The van der Waals surface area contributed by atoms with E-state index in [1.165, 1.54) is 6.20 Å². The van der Waals surface area contributed by atoms with Crippen LogP contribution in [0.15, 0.2) is 18.3 Å². The Kier molecular flexibility index (Phi) is 6.34. The summed E-state index contributed by atoms with van der Waals surface area (Å²) in [5.74, 6) is -0.317. The predicted octanol–water partition coefficient (Wildman–Crippen LogP) is 2.98. The number of nitrogens with zero attached hydrogens (tertiary/aromatic N) is 1. The first-order valence-electron chi connectivity index (χ1n) is 5.23. The van der Waals surface area contributed by atoms with E-state index in [9.17, 15) is 4.79 Å². The summed E-state index contributed by atoms with van der Waals surface area (Å²) in [6.45, 7) is 9.51. The molecule has 0 aromatic carbocycles. The second-order valence-corrected chi connectivity index (χ2v) is 3.14. The van der Waals surface area contributed by atoms with Gasteiger partial charge in [-0.1, -0.05) is 13.8 Å². The van der Waals surface area contributed by atoms with Crippen molar-refractivity contribution < 1.29 is 9.53 Å². The highest BCUT2D eigenvalue weighted by molar-refractivity contribution is 5.89. The Bertz CT molecular complexity index is 291. The molecule has 1 aromatic rings. The Labute approximate surface area is 91.5 Å². The van der Waals surface area contributed by atoms with Crippen molar-refractivity contribution in [3.8, 4) is 0 Å². The van der Waals surface area contributed by atoms with Crippen LogP contribution in [0, 0.1) is 6.92 Å². The Hall–Kier alpha value is -1.38. The summed E-state index contributed by atoms with van der Waals surface area (Å²) >= 11 is 0. The maximum Gasteiger partial charge on any atom is 0.339 e. The quantitative estimate of drug-likeness (QED) is 0.703. The van der Waals surface area contributed by atoms with E-state index in [0.29, 0.717) is 5.56 Å². The van der Waals surface area contributed by atoms with Gasteiger partial charge in [-0.15, -0.1) is 0 Å². The third-order valence-corrected chi connectivity index (χ3v) is 1.49. The fourth-order valence-electron chi connectivity index (χ4n) is 0.871. The molecule has 0 radical (unpaired) electrons. The first kappa shape index (κ1) is 13.6. The Morgan fingerprint density at radius 3 is 2.33 bits per heavy atom. The molecule has 0 unspecified atom stereocenters. The van der Waals surface area contributed by atoms with Gasteiger partial charge in [-0.05, 0) is 32.9 Å². The summed E-state index contributed by atoms with van der Waals surface area (Å²) in [5, 5.41) is 0. The van der Waals surface area contributed by atoms with Crippen molar-refractivity contribution in [3.63, 3.8) is 0 Å². The smallest absolute Gasteiger partial charge is 0.339 e. The van der Waals surface area contributed by atoms with Crippen LogP contribution in [0.4, 0.5) is 0 Å². The number of hydrogen-bond acceptors (Lipinski definition) is 3. The zero-order chi connectivity index (χ0) is 11.8. The SMILES string of the molecule is CC.Cc1ccc(C(=O)OC(C)C)cn1. The van der Waals surface area contributed by atoms with Crippen LogP contribution in [0.25, 0.3) is 0 Å². The minimum Gasteiger partial charge on any atom is -0.459 e. The van der Waals surface area contributed by atoms with Crippen LogP contribution in [-0.2, 0) is 4.74 Å². The molecule has 0 amide bonds. The highest BCUT2D eigenvalue weighted by Gasteiger charge is 2.08. The Balaban J connectivity index is 0.000000921. The topological polar surface area (TPSA) is 39.2 Å². The summed E-state index contributed by atoms with van der Waals surface area (Å²) in [7, 11) is 0. The lowest BCUT2D eigenvalue weighted by atomic mass is 10.2. The summed E-state index contributed by atoms with van der Waals surface area (Å²) in [4.78, 5) is 15.3. The number of rotatable bonds is 2. The summed E-state index contributed by atoms with van der Waals surface area (Å²) in [5.41, 5.74) is 1.39. The Morgan fingerprint density at radius 1 is 1.33 bits per heavy atom. The zero-order valence-electron chi connectivity index (χ0n) is 10.1. The lowest BCUT2D eigenvalue weighted by Crippen LogP contribution is -2.11. The number of hydrogen-bond donors (Lipinski definition) is 0. The molecular formula is C12H19NO2. The second-order valence-electron chi connectivity index (χ2n) is 3.14. The standard InChI is InChI=1S/C10H13NO2.C2H6/c1-7(2)13-10(12)9-5-4-8(3)11-6-9;1-2/h4-7H,1-3H3;1-2H3. The van der Waals surface area contributed by atoms with Crippen molar-refractivity contribution in [1.82, 2.24) is 4.98 Å². The molecule has 3 nitrogen and oxygen atoms in total. The van der Waals surface area contributed by atoms with Gasteiger partial charge < -0.3 is 4.74 Å². The molecule has 0 fully saturated rings. The van der Waals surface area contributed by atoms with E-state index >= 15 is 0 Å². The van der Waals surface area contributed by atoms with Gasteiger partial charge in [0.1, 0.15) is 0 Å². The fraction of sp³-hybridized carbons (Fsp3) is 0.500. The lowest BCUT2D eigenvalue weighted by molar-refractivity contribution is 0.0377. The molecule has 15 heavy (non-hydrogen) atoms. The van der Waals surface area contributed by atoms with Gasteiger partial charge in [-0.3, -0.25) is 4.98 Å². The van der Waals surface area contributed by atoms with Crippen LogP contribution >= 0.6 is 0 Å². The molecule has 0 N–H and O–H groups in total. The molecule has 1 rings (SSSR count). The summed E-state index contributed by atoms with van der Waals surface area (Å²) in [6, 6.07) is 3.50. The third-order valence-electron chi connectivity index (χ3n) is 1.49. The molecule has 0 saturated heterocycles. The van der Waals surface area contributed by atoms with Crippen molar-refractivity contribution in [2.24, 2.45) is 0 Å². The van der Waals surface area contributed by atoms with E-state index in [0.717, 1.165) is 5.69 Å². The average molecular weight is 209 g/mol. The van der Waals surface area contributed by atoms with Gasteiger partial charge in [-0.2, -0.15) is 0 Å². The molecule has 0 aliphatic heterocycles. The van der Waals surface area contributed by atoms with E-state index in [1.807, 2.05) is 34.6 Å². The fourth-order valence-corrected chi connectivity index (χ4v) is 0.871. The summed E-state index contributed by atoms with van der Waals surface area (Å²) in [6.07, 6.45) is 1.44. The second kappa shape index (κ2) is 6.98. The monoisotopic (exact) mass is 209 g/mol. The van der Waals surface area contributed by atoms with Crippen LogP contribution in [-0.4, -0.2) is 17.1 Å². The van der Waals surface area contributed by atoms with E-state index in [1.54, 1.807) is 12.1 Å². The van der Waals surface area contributed by atoms with Crippen molar-refractivity contribution in [1.29, 1.82) is 0 Å². The normalized spacial score (nSPS) is 9.20. The summed E-state index contributed by atoms with van der Waals surface area (Å²) < 4.78 is 5.00. The van der Waals surface area contributed by atoms with Crippen LogP contribution < -0.4 is 0 Å². The Morgan fingerprint density at radius 2 is 1.93 bits per heavy atom. The maximum absolute atomic E-state index is 11.3. The molecule has 0 bridgehead atoms. The maximum atomic E-state index is 11.3. The average Bonchev–Trinajstić information content (AvgIpc) is 2.20. The van der Waals surface area contributed by atoms with Crippen molar-refractivity contribution in [2.45, 2.75) is 40.7 Å². The first-order valence-corrected chi connectivity index (χ1v) is 5.23. The minimum atomic E-state index is -0.317. The molecule has 0 spiro atoms. The number of aromatic nitrogens is 1. The van der Waals surface area contributed by atoms with E-state index in [4.69, 9.17) is 4.74 Å². The van der Waals surface area contributed by atoms with Gasteiger partial charge in [-0.25, -0.2) is 4.79 Å². The molecule has 0 atom stereocenters.